The molecule has 16 heteroatoms. The third-order valence-electron chi connectivity index (χ3n) is 4.55. The number of carboxylic acids is 1. The van der Waals surface area contributed by atoms with Gasteiger partial charge in [0, 0.05) is 5.41 Å². The highest BCUT2D eigenvalue weighted by Crippen LogP contribution is 2.29. The molecular formula is C18H19BrF4N6O5. The van der Waals surface area contributed by atoms with Gasteiger partial charge in [0.05, 0.1) is 10.2 Å². The number of hydrogen-bond acceptors (Lipinski definition) is 9. The van der Waals surface area contributed by atoms with Gasteiger partial charge >= 0.3 is 12.1 Å². The summed E-state index contributed by atoms with van der Waals surface area (Å²) in [6, 6.07) is 4.25. The van der Waals surface area contributed by atoms with E-state index in [-0.39, 0.29) is 27.7 Å². The summed E-state index contributed by atoms with van der Waals surface area (Å²) in [7, 11) is 0. The lowest BCUT2D eigenvalue weighted by atomic mass is 9.80. The average Bonchev–Trinajstić information content (AvgIpc) is 3.21. The van der Waals surface area contributed by atoms with Crippen molar-refractivity contribution in [1.29, 1.82) is 0 Å². The fraction of sp³-hybridized carbons (Fsp3) is 0.389. The average molecular weight is 555 g/mol. The van der Waals surface area contributed by atoms with E-state index in [1.54, 1.807) is 0 Å². The number of benzene rings is 1. The monoisotopic (exact) mass is 554 g/mol. The molecule has 0 unspecified atom stereocenters. The standard InChI is InChI=1S/C16H18BrFN6O3.C2HF3O2/c1-16(4-6-19-7-5-16)15(25)21-14-13(23-27-24-14)9-20-26-22-10-2-3-12(18)11(17)8-10;3-2(4,5)1(6)7/h2-3,8-9,19,22H,4-7H2,1H3,(H,21,24,25);(H,6,7)/b20-9+;. The van der Waals surface area contributed by atoms with E-state index in [4.69, 9.17) is 14.8 Å². The number of oxime groups is 1. The van der Waals surface area contributed by atoms with Crippen LogP contribution in [0, 0.1) is 11.2 Å². The van der Waals surface area contributed by atoms with E-state index in [2.05, 4.69) is 52.1 Å². The molecule has 11 nitrogen and oxygen atoms in total. The van der Waals surface area contributed by atoms with Gasteiger partial charge in [-0.1, -0.05) is 12.1 Å². The van der Waals surface area contributed by atoms with Gasteiger partial charge in [-0.2, -0.15) is 18.7 Å². The molecule has 3 rings (SSSR count). The highest BCUT2D eigenvalue weighted by molar-refractivity contribution is 9.10. The zero-order valence-corrected chi connectivity index (χ0v) is 19.0. The Bertz CT molecular complexity index is 1030. The molecule has 2 aromatic rings. The van der Waals surface area contributed by atoms with E-state index >= 15 is 0 Å². The molecule has 1 aliphatic heterocycles. The quantitative estimate of drug-likeness (QED) is 0.239. The topological polar surface area (TPSA) is 151 Å². The maximum absolute atomic E-state index is 13.2. The Morgan fingerprint density at radius 1 is 1.32 bits per heavy atom. The second kappa shape index (κ2) is 11.7. The minimum Gasteiger partial charge on any atom is -0.475 e. The van der Waals surface area contributed by atoms with E-state index < -0.39 is 17.6 Å². The molecule has 186 valence electrons. The molecule has 34 heavy (non-hydrogen) atoms. The van der Waals surface area contributed by atoms with Crippen LogP contribution in [-0.2, 0) is 14.5 Å². The molecule has 0 aliphatic carbocycles. The van der Waals surface area contributed by atoms with Crippen LogP contribution in [0.4, 0.5) is 29.1 Å². The Morgan fingerprint density at radius 2 is 1.97 bits per heavy atom. The maximum atomic E-state index is 13.2. The summed E-state index contributed by atoms with van der Waals surface area (Å²) in [5.41, 5.74) is 2.75. The Kier molecular flexibility index (Phi) is 9.31. The van der Waals surface area contributed by atoms with Crippen molar-refractivity contribution in [3.8, 4) is 0 Å². The van der Waals surface area contributed by atoms with Gasteiger partial charge in [-0.25, -0.2) is 13.8 Å². The van der Waals surface area contributed by atoms with Crippen LogP contribution < -0.4 is 16.1 Å². The van der Waals surface area contributed by atoms with Crippen molar-refractivity contribution in [1.82, 2.24) is 15.6 Å². The molecule has 1 aromatic heterocycles. The number of alkyl halides is 3. The smallest absolute Gasteiger partial charge is 0.475 e. The number of rotatable bonds is 6. The fourth-order valence-electron chi connectivity index (χ4n) is 2.55. The summed E-state index contributed by atoms with van der Waals surface area (Å²) in [6.07, 6.45) is -2.38. The number of carbonyl (C=O) groups is 2. The molecule has 1 fully saturated rings. The molecule has 2 heterocycles. The van der Waals surface area contributed by atoms with Gasteiger partial charge in [0.25, 0.3) is 0 Å². The number of nitrogens with one attached hydrogen (secondary N) is 3. The van der Waals surface area contributed by atoms with Crippen molar-refractivity contribution in [2.45, 2.75) is 25.9 Å². The molecule has 1 aliphatic rings. The van der Waals surface area contributed by atoms with Crippen LogP contribution in [0.15, 0.2) is 32.5 Å². The number of anilines is 2. The van der Waals surface area contributed by atoms with Crippen molar-refractivity contribution >= 4 is 45.5 Å². The molecule has 0 saturated carbocycles. The maximum Gasteiger partial charge on any atom is 0.490 e. The summed E-state index contributed by atoms with van der Waals surface area (Å²) in [4.78, 5) is 26.4. The number of piperidine rings is 1. The van der Waals surface area contributed by atoms with Crippen LogP contribution in [0.25, 0.3) is 0 Å². The van der Waals surface area contributed by atoms with Crippen molar-refractivity contribution in [3.05, 3.63) is 34.2 Å². The molecule has 0 atom stereocenters. The lowest BCUT2D eigenvalue weighted by molar-refractivity contribution is -0.192. The highest BCUT2D eigenvalue weighted by Gasteiger charge is 2.38. The zero-order valence-electron chi connectivity index (χ0n) is 17.4. The number of nitrogens with zero attached hydrogens (tertiary/aromatic N) is 3. The first-order valence-corrected chi connectivity index (χ1v) is 10.3. The summed E-state index contributed by atoms with van der Waals surface area (Å²) in [5, 5.41) is 24.1. The number of aromatic nitrogens is 2. The van der Waals surface area contributed by atoms with Crippen LogP contribution in [0.3, 0.4) is 0 Å². The minimum atomic E-state index is -5.08. The SMILES string of the molecule is CC1(C(=O)Nc2nonc2/C=N/ONc2ccc(F)c(Br)c2)CCNCC1.O=C(O)C(F)(F)F. The molecule has 0 radical (unpaired) electrons. The Balaban J connectivity index is 0.000000509. The molecule has 1 aromatic carbocycles. The second-order valence-electron chi connectivity index (χ2n) is 7.12. The van der Waals surface area contributed by atoms with E-state index in [1.807, 2.05) is 6.92 Å². The molecule has 1 amide bonds. The molecular weight excluding hydrogens is 536 g/mol. The summed E-state index contributed by atoms with van der Waals surface area (Å²) >= 11 is 3.07. The lowest BCUT2D eigenvalue weighted by Gasteiger charge is -2.32. The van der Waals surface area contributed by atoms with Crippen molar-refractivity contribution in [2.24, 2.45) is 10.6 Å². The van der Waals surface area contributed by atoms with E-state index in [0.717, 1.165) is 25.9 Å². The third-order valence-corrected chi connectivity index (χ3v) is 5.16. The van der Waals surface area contributed by atoms with Crippen LogP contribution in [0.1, 0.15) is 25.5 Å². The van der Waals surface area contributed by atoms with Crippen molar-refractivity contribution in [2.75, 3.05) is 23.9 Å². The zero-order chi connectivity index (χ0) is 25.4. The number of halogens is 5. The van der Waals surface area contributed by atoms with Gasteiger partial charge in [0.2, 0.25) is 11.7 Å². The van der Waals surface area contributed by atoms with E-state index in [0.29, 0.717) is 5.69 Å². The normalized spacial score (nSPS) is 15.2. The van der Waals surface area contributed by atoms with Gasteiger partial charge in [-0.3, -0.25) is 9.73 Å². The fourth-order valence-corrected chi connectivity index (χ4v) is 2.92. The van der Waals surface area contributed by atoms with Gasteiger partial charge < -0.3 is 15.7 Å². The predicted molar refractivity (Wildman–Crippen MR) is 113 cm³/mol. The third kappa shape index (κ3) is 7.95. The molecule has 4 N–H and O–H groups in total. The van der Waals surface area contributed by atoms with Gasteiger partial charge in [0.1, 0.15) is 12.0 Å². The number of carboxylic acid groups (broad SMARTS) is 1. The Hall–Kier alpha value is -3.27. The van der Waals surface area contributed by atoms with Gasteiger partial charge in [-0.05, 0) is 70.4 Å². The number of amides is 1. The van der Waals surface area contributed by atoms with Crippen LogP contribution >= 0.6 is 15.9 Å². The first kappa shape index (κ1) is 27.0. The van der Waals surface area contributed by atoms with Crippen LogP contribution in [0.5, 0.6) is 0 Å². The van der Waals surface area contributed by atoms with Crippen molar-refractivity contribution < 1.29 is 41.8 Å². The van der Waals surface area contributed by atoms with Crippen LogP contribution in [0.2, 0.25) is 0 Å². The van der Waals surface area contributed by atoms with E-state index in [9.17, 15) is 22.4 Å². The summed E-state index contributed by atoms with van der Waals surface area (Å²) < 4.78 is 49.9. The largest absolute Gasteiger partial charge is 0.490 e. The van der Waals surface area contributed by atoms with Gasteiger partial charge in [-0.15, -0.1) is 0 Å². The number of hydrogen-bond donors (Lipinski definition) is 4. The Morgan fingerprint density at radius 3 is 2.56 bits per heavy atom. The molecule has 0 spiro atoms. The first-order chi connectivity index (χ1) is 15.9. The summed E-state index contributed by atoms with van der Waals surface area (Å²) in [6.45, 7) is 3.49. The highest BCUT2D eigenvalue weighted by atomic mass is 79.9. The lowest BCUT2D eigenvalue weighted by Crippen LogP contribution is -2.43. The van der Waals surface area contributed by atoms with Crippen LogP contribution in [-0.4, -0.2) is 52.8 Å². The summed E-state index contributed by atoms with van der Waals surface area (Å²) in [5.74, 6) is -3.13. The first-order valence-electron chi connectivity index (χ1n) is 9.47. The second-order valence-corrected chi connectivity index (χ2v) is 7.98. The number of aliphatic carboxylic acids is 1. The molecule has 0 bridgehead atoms. The molecule has 1 saturated heterocycles. The van der Waals surface area contributed by atoms with Gasteiger partial charge in [0.15, 0.2) is 5.69 Å². The Labute approximate surface area is 197 Å². The van der Waals surface area contributed by atoms with Crippen molar-refractivity contribution in [3.63, 3.8) is 0 Å². The predicted octanol–water partition coefficient (Wildman–Crippen LogP) is 3.31. The minimum absolute atomic E-state index is 0.149. The number of carbonyl (C=O) groups excluding carboxylic acids is 1. The van der Waals surface area contributed by atoms with E-state index in [1.165, 1.54) is 24.4 Å².